The third kappa shape index (κ3) is 4.42. The predicted octanol–water partition coefficient (Wildman–Crippen LogP) is 4.54. The maximum absolute atomic E-state index is 12.2. The van der Waals surface area contributed by atoms with E-state index in [9.17, 15) is 9.59 Å². The molecule has 0 aliphatic heterocycles. The molecule has 4 nitrogen and oxygen atoms in total. The molecular weight excluding hydrogens is 356 g/mol. The summed E-state index contributed by atoms with van der Waals surface area (Å²) in [5.74, 6) is -1.08. The summed E-state index contributed by atoms with van der Waals surface area (Å²) in [4.78, 5) is 24.2. The molecule has 2 rings (SSSR count). The van der Waals surface area contributed by atoms with Crippen molar-refractivity contribution in [3.05, 3.63) is 58.6 Å². The van der Waals surface area contributed by atoms with Gasteiger partial charge in [-0.2, -0.15) is 0 Å². The fourth-order valence-corrected chi connectivity index (χ4v) is 2.57. The van der Waals surface area contributed by atoms with E-state index in [-0.39, 0.29) is 0 Å². The van der Waals surface area contributed by atoms with Gasteiger partial charge in [-0.15, -0.1) is 0 Å². The average molecular weight is 375 g/mol. The Labute approximate surface area is 144 Å². The maximum atomic E-state index is 12.2. The number of para-hydroxylation sites is 2. The third-order valence-electron chi connectivity index (χ3n) is 3.68. The summed E-state index contributed by atoms with van der Waals surface area (Å²) in [5, 5.41) is 5.29. The lowest BCUT2D eigenvalue weighted by Gasteiger charge is -2.15. The first-order valence-corrected chi connectivity index (χ1v) is 8.28. The molecular formula is C18H19BrN2O2. The lowest BCUT2D eigenvalue weighted by molar-refractivity contribution is -0.133. The van der Waals surface area contributed by atoms with Crippen molar-refractivity contribution >= 4 is 39.1 Å². The standard InChI is InChI=1S/C18H19BrN2O2/c1-3-12(2)13-8-4-6-10-15(13)20-17(22)18(23)21-16-11-7-5-9-14(16)19/h4-12H,3H2,1-2H3,(H,20,22)(H,21,23). The Bertz CT molecular complexity index is 716. The molecule has 0 aliphatic carbocycles. The van der Waals surface area contributed by atoms with Gasteiger partial charge in [0, 0.05) is 10.2 Å². The molecule has 0 heterocycles. The smallest absolute Gasteiger partial charge is 0.314 e. The normalized spacial score (nSPS) is 11.6. The van der Waals surface area contributed by atoms with Crippen LogP contribution >= 0.6 is 15.9 Å². The Balaban J connectivity index is 2.10. The number of amides is 2. The minimum Gasteiger partial charge on any atom is -0.318 e. The largest absolute Gasteiger partial charge is 0.318 e. The van der Waals surface area contributed by atoms with Crippen molar-refractivity contribution in [3.63, 3.8) is 0 Å². The van der Waals surface area contributed by atoms with Gasteiger partial charge in [-0.05, 0) is 52.0 Å². The number of carbonyl (C=O) groups excluding carboxylic acids is 2. The topological polar surface area (TPSA) is 58.2 Å². The fraction of sp³-hybridized carbons (Fsp3) is 0.222. The molecule has 0 saturated heterocycles. The van der Waals surface area contributed by atoms with Gasteiger partial charge in [-0.1, -0.05) is 44.2 Å². The lowest BCUT2D eigenvalue weighted by atomic mass is 9.97. The number of benzene rings is 2. The predicted molar refractivity (Wildman–Crippen MR) is 96.5 cm³/mol. The van der Waals surface area contributed by atoms with Crippen LogP contribution in [0.2, 0.25) is 0 Å². The molecule has 23 heavy (non-hydrogen) atoms. The molecule has 120 valence electrons. The van der Waals surface area contributed by atoms with Crippen LogP contribution in [-0.4, -0.2) is 11.8 Å². The Morgan fingerprint density at radius 1 is 0.957 bits per heavy atom. The first-order chi connectivity index (χ1) is 11.0. The van der Waals surface area contributed by atoms with Gasteiger partial charge in [0.1, 0.15) is 0 Å². The van der Waals surface area contributed by atoms with Crippen LogP contribution in [0, 0.1) is 0 Å². The highest BCUT2D eigenvalue weighted by atomic mass is 79.9. The highest BCUT2D eigenvalue weighted by Crippen LogP contribution is 2.26. The molecule has 2 N–H and O–H groups in total. The summed E-state index contributed by atoms with van der Waals surface area (Å²) < 4.78 is 0.723. The maximum Gasteiger partial charge on any atom is 0.314 e. The van der Waals surface area contributed by atoms with Crippen LogP contribution in [-0.2, 0) is 9.59 Å². The minimum absolute atomic E-state index is 0.304. The van der Waals surface area contributed by atoms with E-state index in [4.69, 9.17) is 0 Å². The van der Waals surface area contributed by atoms with Crippen molar-refractivity contribution in [1.82, 2.24) is 0 Å². The molecule has 5 heteroatoms. The molecule has 0 bridgehead atoms. The first kappa shape index (κ1) is 17.2. The SMILES string of the molecule is CCC(C)c1ccccc1NC(=O)C(=O)Nc1ccccc1Br. The second-order valence-electron chi connectivity index (χ2n) is 5.28. The van der Waals surface area contributed by atoms with Crippen molar-refractivity contribution in [2.45, 2.75) is 26.2 Å². The van der Waals surface area contributed by atoms with Crippen molar-refractivity contribution in [2.24, 2.45) is 0 Å². The summed E-state index contributed by atoms with van der Waals surface area (Å²) in [6, 6.07) is 14.7. The van der Waals surface area contributed by atoms with Crippen LogP contribution in [0.25, 0.3) is 0 Å². The number of rotatable bonds is 4. The fourth-order valence-electron chi connectivity index (χ4n) is 2.18. The third-order valence-corrected chi connectivity index (χ3v) is 4.37. The van der Waals surface area contributed by atoms with Gasteiger partial charge in [0.2, 0.25) is 0 Å². The van der Waals surface area contributed by atoms with Gasteiger partial charge in [0.05, 0.1) is 5.69 Å². The molecule has 0 saturated carbocycles. The molecule has 0 aromatic heterocycles. The van der Waals surface area contributed by atoms with Crippen molar-refractivity contribution in [2.75, 3.05) is 10.6 Å². The molecule has 2 aromatic carbocycles. The molecule has 1 atom stereocenters. The number of carbonyl (C=O) groups is 2. The van der Waals surface area contributed by atoms with Gasteiger partial charge in [-0.25, -0.2) is 0 Å². The molecule has 1 unspecified atom stereocenters. The van der Waals surface area contributed by atoms with Crippen LogP contribution in [0.15, 0.2) is 53.0 Å². The number of nitrogens with one attached hydrogen (secondary N) is 2. The van der Waals surface area contributed by atoms with Crippen molar-refractivity contribution in [1.29, 1.82) is 0 Å². The highest BCUT2D eigenvalue weighted by molar-refractivity contribution is 9.10. The number of anilines is 2. The van der Waals surface area contributed by atoms with Gasteiger partial charge in [0.15, 0.2) is 0 Å². The second kappa shape index (κ2) is 7.92. The Hall–Kier alpha value is -2.14. The summed E-state index contributed by atoms with van der Waals surface area (Å²) in [7, 11) is 0. The van der Waals surface area contributed by atoms with E-state index in [1.165, 1.54) is 0 Å². The van der Waals surface area contributed by atoms with E-state index in [1.54, 1.807) is 18.2 Å². The Morgan fingerprint density at radius 2 is 1.48 bits per heavy atom. The quantitative estimate of drug-likeness (QED) is 0.771. The van der Waals surface area contributed by atoms with Crippen molar-refractivity contribution < 1.29 is 9.59 Å². The van der Waals surface area contributed by atoms with Crippen LogP contribution in [0.5, 0.6) is 0 Å². The monoisotopic (exact) mass is 374 g/mol. The van der Waals surface area contributed by atoms with Crippen LogP contribution in [0.1, 0.15) is 31.7 Å². The van der Waals surface area contributed by atoms with E-state index < -0.39 is 11.8 Å². The number of hydrogen-bond acceptors (Lipinski definition) is 2. The Morgan fingerprint density at radius 3 is 2.09 bits per heavy atom. The molecule has 0 fully saturated rings. The Kier molecular flexibility index (Phi) is 5.93. The molecule has 0 spiro atoms. The van der Waals surface area contributed by atoms with E-state index in [2.05, 4.69) is 40.4 Å². The summed E-state index contributed by atoms with van der Waals surface area (Å²) in [6.45, 7) is 4.18. The zero-order valence-electron chi connectivity index (χ0n) is 13.1. The van der Waals surface area contributed by atoms with Gasteiger partial charge in [-0.3, -0.25) is 9.59 Å². The minimum atomic E-state index is -0.698. The molecule has 2 aromatic rings. The number of halogens is 1. The van der Waals surface area contributed by atoms with Crippen LogP contribution in [0.4, 0.5) is 11.4 Å². The number of hydrogen-bond donors (Lipinski definition) is 2. The second-order valence-corrected chi connectivity index (χ2v) is 6.14. The van der Waals surface area contributed by atoms with Gasteiger partial charge in [0.25, 0.3) is 0 Å². The van der Waals surface area contributed by atoms with Crippen LogP contribution < -0.4 is 10.6 Å². The van der Waals surface area contributed by atoms with E-state index in [1.807, 2.05) is 30.3 Å². The molecule has 2 amide bonds. The first-order valence-electron chi connectivity index (χ1n) is 7.48. The molecule has 0 radical (unpaired) electrons. The zero-order valence-corrected chi connectivity index (χ0v) is 14.7. The zero-order chi connectivity index (χ0) is 16.8. The van der Waals surface area contributed by atoms with Crippen molar-refractivity contribution in [3.8, 4) is 0 Å². The van der Waals surface area contributed by atoms with Crippen LogP contribution in [0.3, 0.4) is 0 Å². The van der Waals surface area contributed by atoms with E-state index in [0.717, 1.165) is 16.5 Å². The lowest BCUT2D eigenvalue weighted by Crippen LogP contribution is -2.29. The van der Waals surface area contributed by atoms with Gasteiger partial charge < -0.3 is 10.6 Å². The average Bonchev–Trinajstić information content (AvgIpc) is 2.56. The summed E-state index contributed by atoms with van der Waals surface area (Å²) >= 11 is 3.33. The van der Waals surface area contributed by atoms with E-state index in [0.29, 0.717) is 17.3 Å². The summed E-state index contributed by atoms with van der Waals surface area (Å²) in [6.07, 6.45) is 0.954. The van der Waals surface area contributed by atoms with E-state index >= 15 is 0 Å². The summed E-state index contributed by atoms with van der Waals surface area (Å²) in [5.41, 5.74) is 2.26. The molecule has 0 aliphatic rings. The van der Waals surface area contributed by atoms with Gasteiger partial charge >= 0.3 is 11.8 Å². The highest BCUT2D eigenvalue weighted by Gasteiger charge is 2.17.